The van der Waals surface area contributed by atoms with Gasteiger partial charge >= 0.3 is 0 Å². The molecule has 0 aromatic rings. The fourth-order valence-electron chi connectivity index (χ4n) is 7.84. The number of aliphatic hydroxyl groups excluding tert-OH is 1. The van der Waals surface area contributed by atoms with Crippen molar-refractivity contribution in [2.45, 2.75) is 78.2 Å². The lowest BCUT2D eigenvalue weighted by Gasteiger charge is -2.61. The van der Waals surface area contributed by atoms with E-state index >= 15 is 0 Å². The summed E-state index contributed by atoms with van der Waals surface area (Å²) in [6.07, 6.45) is 7.27. The Morgan fingerprint density at radius 1 is 1.12 bits per heavy atom. The first-order chi connectivity index (χ1) is 11.3. The van der Waals surface area contributed by atoms with E-state index in [1.54, 1.807) is 6.92 Å². The molecule has 0 bridgehead atoms. The zero-order valence-corrected chi connectivity index (χ0v) is 15.4. The third-order valence-corrected chi connectivity index (χ3v) is 8.90. The minimum absolute atomic E-state index is 0.0138. The Morgan fingerprint density at radius 2 is 1.88 bits per heavy atom. The SMILES string of the molecule is CC(=O)[C@@H]1CC[C@@H]2[C@@H]3CC[C@H]4CC(=O)CC[C@]4(C)[C@H]3[C@H](O)C[C@]21C. The lowest BCUT2D eigenvalue weighted by molar-refractivity contribution is -0.173. The smallest absolute Gasteiger partial charge is 0.133 e. The monoisotopic (exact) mass is 332 g/mol. The summed E-state index contributed by atoms with van der Waals surface area (Å²) in [6, 6.07) is 0. The number of hydrogen-bond acceptors (Lipinski definition) is 3. The van der Waals surface area contributed by atoms with Crippen LogP contribution in [-0.2, 0) is 9.59 Å². The maximum absolute atomic E-state index is 12.2. The molecule has 0 heterocycles. The first-order valence-corrected chi connectivity index (χ1v) is 9.97. The van der Waals surface area contributed by atoms with E-state index in [2.05, 4.69) is 13.8 Å². The van der Waals surface area contributed by atoms with E-state index in [0.29, 0.717) is 41.7 Å². The summed E-state index contributed by atoms with van der Waals surface area (Å²) in [7, 11) is 0. The molecule has 24 heavy (non-hydrogen) atoms. The van der Waals surface area contributed by atoms with Gasteiger partial charge in [0.15, 0.2) is 0 Å². The molecular formula is C21H32O3. The predicted molar refractivity (Wildman–Crippen MR) is 92.3 cm³/mol. The molecule has 4 rings (SSSR count). The number of Topliss-reactive ketones (excluding diaryl/α,β-unsaturated/α-hetero) is 2. The van der Waals surface area contributed by atoms with Crippen LogP contribution in [0.2, 0.25) is 0 Å². The van der Waals surface area contributed by atoms with Crippen molar-refractivity contribution in [3.63, 3.8) is 0 Å². The Hall–Kier alpha value is -0.700. The van der Waals surface area contributed by atoms with E-state index in [4.69, 9.17) is 0 Å². The van der Waals surface area contributed by atoms with Gasteiger partial charge < -0.3 is 5.11 Å². The number of carbonyl (C=O) groups excluding carboxylic acids is 2. The molecule has 134 valence electrons. The van der Waals surface area contributed by atoms with Crippen LogP contribution in [0.1, 0.15) is 72.1 Å². The van der Waals surface area contributed by atoms with E-state index in [1.807, 2.05) is 0 Å². The van der Waals surface area contributed by atoms with Gasteiger partial charge in [-0.05, 0) is 80.0 Å². The second kappa shape index (κ2) is 5.40. The van der Waals surface area contributed by atoms with Crippen LogP contribution in [0.3, 0.4) is 0 Å². The van der Waals surface area contributed by atoms with Gasteiger partial charge in [0.1, 0.15) is 11.6 Å². The highest BCUT2D eigenvalue weighted by atomic mass is 16.3. The van der Waals surface area contributed by atoms with Crippen molar-refractivity contribution in [1.82, 2.24) is 0 Å². The summed E-state index contributed by atoms with van der Waals surface area (Å²) in [5, 5.41) is 11.2. The third-order valence-electron chi connectivity index (χ3n) is 8.90. The molecule has 3 heteroatoms. The summed E-state index contributed by atoms with van der Waals surface area (Å²) in [5.41, 5.74) is 0.103. The van der Waals surface area contributed by atoms with Gasteiger partial charge in [-0.1, -0.05) is 13.8 Å². The molecule has 0 aliphatic heterocycles. The van der Waals surface area contributed by atoms with E-state index < -0.39 is 0 Å². The minimum Gasteiger partial charge on any atom is -0.393 e. The topological polar surface area (TPSA) is 54.4 Å². The summed E-state index contributed by atoms with van der Waals surface area (Å²) in [5.74, 6) is 2.78. The molecule has 4 aliphatic rings. The molecule has 3 nitrogen and oxygen atoms in total. The lowest BCUT2D eigenvalue weighted by Crippen LogP contribution is -2.59. The van der Waals surface area contributed by atoms with Crippen molar-refractivity contribution >= 4 is 11.6 Å². The molecule has 4 fully saturated rings. The first-order valence-electron chi connectivity index (χ1n) is 9.97. The molecule has 1 N–H and O–H groups in total. The van der Waals surface area contributed by atoms with Gasteiger partial charge in [0.25, 0.3) is 0 Å². The summed E-state index contributed by atoms with van der Waals surface area (Å²) in [6.45, 7) is 6.36. The van der Waals surface area contributed by atoms with Gasteiger partial charge in [-0.25, -0.2) is 0 Å². The maximum atomic E-state index is 12.2. The van der Waals surface area contributed by atoms with Gasteiger partial charge in [0, 0.05) is 18.8 Å². The van der Waals surface area contributed by atoms with Crippen LogP contribution >= 0.6 is 0 Å². The average Bonchev–Trinajstić information content (AvgIpc) is 2.84. The molecule has 0 aromatic carbocycles. The van der Waals surface area contributed by atoms with Gasteiger partial charge in [-0.2, -0.15) is 0 Å². The minimum atomic E-state index is -0.308. The van der Waals surface area contributed by atoms with E-state index in [0.717, 1.165) is 44.9 Å². The maximum Gasteiger partial charge on any atom is 0.133 e. The van der Waals surface area contributed by atoms with E-state index in [9.17, 15) is 14.7 Å². The number of hydrogen-bond donors (Lipinski definition) is 1. The van der Waals surface area contributed by atoms with Gasteiger partial charge in [0.2, 0.25) is 0 Å². The molecule has 8 atom stereocenters. The highest BCUT2D eigenvalue weighted by molar-refractivity contribution is 5.80. The van der Waals surface area contributed by atoms with Crippen LogP contribution < -0.4 is 0 Å². The van der Waals surface area contributed by atoms with E-state index in [-0.39, 0.29) is 22.9 Å². The summed E-state index contributed by atoms with van der Waals surface area (Å²) in [4.78, 5) is 24.1. The molecule has 0 aromatic heterocycles. The quantitative estimate of drug-likeness (QED) is 0.795. The number of carbonyl (C=O) groups is 2. The predicted octanol–water partition coefficient (Wildman–Crippen LogP) is 3.77. The lowest BCUT2D eigenvalue weighted by atomic mass is 9.44. The van der Waals surface area contributed by atoms with Crippen LogP contribution in [-0.4, -0.2) is 22.8 Å². The summed E-state index contributed by atoms with van der Waals surface area (Å²) < 4.78 is 0. The van der Waals surface area contributed by atoms with Crippen molar-refractivity contribution in [1.29, 1.82) is 0 Å². The first kappa shape index (κ1) is 16.8. The third kappa shape index (κ3) is 2.12. The number of rotatable bonds is 1. The molecule has 0 radical (unpaired) electrons. The largest absolute Gasteiger partial charge is 0.393 e. The van der Waals surface area contributed by atoms with Crippen molar-refractivity contribution < 1.29 is 14.7 Å². The van der Waals surface area contributed by atoms with Gasteiger partial charge in [-0.15, -0.1) is 0 Å². The molecule has 0 amide bonds. The molecule has 4 saturated carbocycles. The Kier molecular flexibility index (Phi) is 3.77. The Bertz CT molecular complexity index is 569. The highest BCUT2D eigenvalue weighted by Gasteiger charge is 2.63. The Labute approximate surface area is 145 Å². The van der Waals surface area contributed by atoms with E-state index in [1.165, 1.54) is 0 Å². The number of aliphatic hydroxyl groups is 1. The average molecular weight is 332 g/mol. The van der Waals surface area contributed by atoms with Crippen LogP contribution in [0.15, 0.2) is 0 Å². The van der Waals surface area contributed by atoms with Gasteiger partial charge in [-0.3, -0.25) is 9.59 Å². The van der Waals surface area contributed by atoms with Crippen LogP contribution in [0.25, 0.3) is 0 Å². The normalized spacial score (nSPS) is 53.9. The second-order valence-electron chi connectivity index (χ2n) is 9.84. The van der Waals surface area contributed by atoms with Crippen molar-refractivity contribution in [2.75, 3.05) is 0 Å². The molecule has 0 unspecified atom stereocenters. The zero-order chi connectivity index (χ0) is 17.3. The second-order valence-corrected chi connectivity index (χ2v) is 9.84. The van der Waals surface area contributed by atoms with Crippen molar-refractivity contribution in [3.8, 4) is 0 Å². The Balaban J connectivity index is 1.68. The zero-order valence-electron chi connectivity index (χ0n) is 15.4. The van der Waals surface area contributed by atoms with Crippen molar-refractivity contribution in [3.05, 3.63) is 0 Å². The molecule has 0 spiro atoms. The molecule has 4 aliphatic carbocycles. The highest BCUT2D eigenvalue weighted by Crippen LogP contribution is 2.67. The van der Waals surface area contributed by atoms with Gasteiger partial charge in [0.05, 0.1) is 6.10 Å². The van der Waals surface area contributed by atoms with Crippen molar-refractivity contribution in [2.24, 2.45) is 40.4 Å². The Morgan fingerprint density at radius 3 is 2.58 bits per heavy atom. The fraction of sp³-hybridized carbons (Fsp3) is 0.905. The fourth-order valence-corrected chi connectivity index (χ4v) is 7.84. The van der Waals surface area contributed by atoms with Crippen LogP contribution in [0.4, 0.5) is 0 Å². The molecule has 0 saturated heterocycles. The van der Waals surface area contributed by atoms with Crippen LogP contribution in [0.5, 0.6) is 0 Å². The molecular weight excluding hydrogens is 300 g/mol. The summed E-state index contributed by atoms with van der Waals surface area (Å²) >= 11 is 0. The van der Waals surface area contributed by atoms with Crippen LogP contribution in [0, 0.1) is 40.4 Å². The standard InChI is InChI=1S/C21H32O3/c1-12(22)16-6-7-17-15-5-4-13-10-14(23)8-9-20(13,2)19(15)18(24)11-21(16,17)3/h13,15-19,24H,4-11H2,1-3H3/t13-,15-,16-,17+,18+,19+,20-,21-/m0/s1. The number of fused-ring (bicyclic) bond motifs is 5. The number of ketones is 2.